The van der Waals surface area contributed by atoms with E-state index in [1.54, 1.807) is 56.3 Å². The van der Waals surface area contributed by atoms with E-state index < -0.39 is 11.9 Å². The van der Waals surface area contributed by atoms with Crippen molar-refractivity contribution in [3.8, 4) is 22.6 Å². The van der Waals surface area contributed by atoms with E-state index in [1.165, 1.54) is 4.68 Å². The molecule has 35 heavy (non-hydrogen) atoms. The van der Waals surface area contributed by atoms with Crippen molar-refractivity contribution in [3.63, 3.8) is 0 Å². The van der Waals surface area contributed by atoms with E-state index in [0.717, 1.165) is 11.1 Å². The molecule has 0 bridgehead atoms. The third kappa shape index (κ3) is 4.63. The molecule has 0 aliphatic carbocycles. The van der Waals surface area contributed by atoms with Crippen molar-refractivity contribution in [1.29, 1.82) is 0 Å². The van der Waals surface area contributed by atoms with Crippen LogP contribution in [0.3, 0.4) is 0 Å². The maximum atomic E-state index is 13.0. The lowest BCUT2D eigenvalue weighted by molar-refractivity contribution is -0.138. The van der Waals surface area contributed by atoms with Gasteiger partial charge in [-0.15, -0.1) is 10.2 Å². The smallest absolute Gasteiger partial charge is 0.310 e. The fourth-order valence-electron chi connectivity index (χ4n) is 3.77. The molecule has 1 atom stereocenters. The number of hydrogen-bond acceptors (Lipinski definition) is 5. The Morgan fingerprint density at radius 2 is 1.71 bits per heavy atom. The average Bonchev–Trinajstić information content (AvgIpc) is 3.12. The van der Waals surface area contributed by atoms with Gasteiger partial charge in [0.1, 0.15) is 5.69 Å². The highest BCUT2D eigenvalue weighted by molar-refractivity contribution is 5.79. The number of aromatic hydroxyl groups is 1. The van der Waals surface area contributed by atoms with Gasteiger partial charge in [-0.3, -0.25) is 14.7 Å². The number of nitrogens with zero attached hydrogens (tertiary/aromatic N) is 3. The van der Waals surface area contributed by atoms with E-state index >= 15 is 0 Å². The largest absolute Gasteiger partial charge is 0.505 e. The number of benzene rings is 3. The Labute approximate surface area is 202 Å². The summed E-state index contributed by atoms with van der Waals surface area (Å²) in [7, 11) is 0. The monoisotopic (exact) mass is 470 g/mol. The molecule has 0 spiro atoms. The fourth-order valence-corrected chi connectivity index (χ4v) is 3.77. The summed E-state index contributed by atoms with van der Waals surface area (Å²) in [5, 5.41) is 31.5. The van der Waals surface area contributed by atoms with Gasteiger partial charge < -0.3 is 10.2 Å². The van der Waals surface area contributed by atoms with Crippen LogP contribution < -0.4 is 5.56 Å². The van der Waals surface area contributed by atoms with Crippen LogP contribution in [0.15, 0.2) is 75.7 Å². The lowest BCUT2D eigenvalue weighted by Crippen LogP contribution is -2.14. The highest BCUT2D eigenvalue weighted by Crippen LogP contribution is 2.38. The molecule has 4 rings (SSSR count). The summed E-state index contributed by atoms with van der Waals surface area (Å²) < 4.78 is 1.42. The van der Waals surface area contributed by atoms with Gasteiger partial charge in [0.2, 0.25) is 0 Å². The van der Waals surface area contributed by atoms with Gasteiger partial charge >= 0.3 is 5.97 Å². The van der Waals surface area contributed by atoms with E-state index in [1.807, 2.05) is 32.0 Å². The molecule has 0 radical (unpaired) electrons. The summed E-state index contributed by atoms with van der Waals surface area (Å²) in [6.45, 7) is 7.33. The number of H-pyrrole nitrogens is 1. The van der Waals surface area contributed by atoms with Crippen LogP contribution in [0, 0.1) is 20.8 Å². The molecule has 0 aliphatic heterocycles. The molecule has 1 aromatic heterocycles. The van der Waals surface area contributed by atoms with Crippen molar-refractivity contribution < 1.29 is 15.0 Å². The van der Waals surface area contributed by atoms with Crippen LogP contribution in [0.1, 0.15) is 35.2 Å². The molecule has 0 amide bonds. The van der Waals surface area contributed by atoms with E-state index in [0.29, 0.717) is 28.1 Å². The minimum atomic E-state index is -0.928. The summed E-state index contributed by atoms with van der Waals surface area (Å²) in [6.07, 6.45) is 0. The van der Waals surface area contributed by atoms with E-state index in [2.05, 4.69) is 15.3 Å². The van der Waals surface area contributed by atoms with Gasteiger partial charge in [-0.1, -0.05) is 42.5 Å². The molecular formula is C27H26N4O4. The van der Waals surface area contributed by atoms with E-state index in [-0.39, 0.29) is 22.7 Å². The number of aliphatic carboxylic acids is 1. The molecule has 1 heterocycles. The zero-order chi connectivity index (χ0) is 25.3. The van der Waals surface area contributed by atoms with Crippen molar-refractivity contribution >= 4 is 17.3 Å². The number of aryl methyl sites for hydroxylation is 3. The van der Waals surface area contributed by atoms with Crippen LogP contribution >= 0.6 is 0 Å². The minimum Gasteiger partial charge on any atom is -0.505 e. The second-order valence-electron chi connectivity index (χ2n) is 8.55. The molecule has 4 aromatic rings. The molecule has 0 saturated heterocycles. The second-order valence-corrected chi connectivity index (χ2v) is 8.55. The Morgan fingerprint density at radius 3 is 2.43 bits per heavy atom. The number of rotatable bonds is 6. The first-order valence-corrected chi connectivity index (χ1v) is 11.1. The summed E-state index contributed by atoms with van der Waals surface area (Å²) in [5.74, 6) is -1.72. The van der Waals surface area contributed by atoms with Gasteiger partial charge in [-0.25, -0.2) is 4.68 Å². The quantitative estimate of drug-likeness (QED) is 0.296. The Kier molecular flexibility index (Phi) is 6.38. The highest BCUT2D eigenvalue weighted by Gasteiger charge is 2.17. The highest BCUT2D eigenvalue weighted by atomic mass is 16.4. The lowest BCUT2D eigenvalue weighted by atomic mass is 9.96. The zero-order valence-electron chi connectivity index (χ0n) is 19.9. The van der Waals surface area contributed by atoms with Crippen LogP contribution in [0.5, 0.6) is 5.75 Å². The van der Waals surface area contributed by atoms with Crippen molar-refractivity contribution in [1.82, 2.24) is 9.78 Å². The van der Waals surface area contributed by atoms with Gasteiger partial charge in [-0.05, 0) is 68.1 Å². The number of para-hydroxylation sites is 1. The topological polar surface area (TPSA) is 120 Å². The first kappa shape index (κ1) is 23.7. The number of carbonyl (C=O) groups is 1. The molecule has 0 saturated carbocycles. The van der Waals surface area contributed by atoms with Crippen molar-refractivity contribution in [3.05, 3.63) is 93.4 Å². The van der Waals surface area contributed by atoms with E-state index in [4.69, 9.17) is 0 Å². The normalized spacial score (nSPS) is 12.2. The first-order chi connectivity index (χ1) is 16.7. The molecular weight excluding hydrogens is 444 g/mol. The van der Waals surface area contributed by atoms with Gasteiger partial charge in [0, 0.05) is 5.56 Å². The van der Waals surface area contributed by atoms with Crippen LogP contribution in [0.4, 0.5) is 11.4 Å². The number of hydrogen-bond donors (Lipinski definition) is 3. The Bertz CT molecular complexity index is 1510. The van der Waals surface area contributed by atoms with Crippen LogP contribution in [0.2, 0.25) is 0 Å². The van der Waals surface area contributed by atoms with Gasteiger partial charge in [0.15, 0.2) is 11.4 Å². The van der Waals surface area contributed by atoms with Crippen LogP contribution in [-0.4, -0.2) is 26.0 Å². The van der Waals surface area contributed by atoms with Crippen molar-refractivity contribution in [2.45, 2.75) is 33.6 Å². The number of nitrogens with one attached hydrogen (secondary N) is 1. The lowest BCUT2D eigenvalue weighted by Gasteiger charge is -2.11. The average molecular weight is 471 g/mol. The Balaban J connectivity index is 1.69. The van der Waals surface area contributed by atoms with Crippen molar-refractivity contribution in [2.75, 3.05) is 0 Å². The summed E-state index contributed by atoms with van der Waals surface area (Å²) >= 11 is 0. The minimum absolute atomic E-state index is 0.112. The number of phenols is 1. The third-order valence-corrected chi connectivity index (χ3v) is 6.13. The van der Waals surface area contributed by atoms with Crippen LogP contribution in [-0.2, 0) is 4.79 Å². The Hall–Kier alpha value is -4.46. The molecule has 8 heteroatoms. The molecule has 0 aliphatic rings. The second kappa shape index (κ2) is 9.42. The molecule has 3 aromatic carbocycles. The molecule has 3 N–H and O–H groups in total. The van der Waals surface area contributed by atoms with Gasteiger partial charge in [0.05, 0.1) is 17.3 Å². The predicted molar refractivity (Wildman–Crippen MR) is 134 cm³/mol. The number of aromatic nitrogens is 2. The maximum Gasteiger partial charge on any atom is 0.310 e. The van der Waals surface area contributed by atoms with E-state index in [9.17, 15) is 19.8 Å². The van der Waals surface area contributed by atoms with Gasteiger partial charge in [0.25, 0.3) is 5.56 Å². The molecule has 0 fully saturated rings. The zero-order valence-corrected chi connectivity index (χ0v) is 19.9. The number of azo groups is 1. The molecule has 1 unspecified atom stereocenters. The number of carboxylic acid groups (broad SMARTS) is 1. The van der Waals surface area contributed by atoms with Gasteiger partial charge in [-0.2, -0.15) is 0 Å². The fraction of sp³-hybridized carbons (Fsp3) is 0.185. The predicted octanol–water partition coefficient (Wildman–Crippen LogP) is 6.07. The third-order valence-electron chi connectivity index (χ3n) is 6.13. The summed E-state index contributed by atoms with van der Waals surface area (Å²) in [5.41, 5.74) is 5.18. The Morgan fingerprint density at radius 1 is 0.971 bits per heavy atom. The first-order valence-electron chi connectivity index (χ1n) is 11.1. The SMILES string of the molecule is Cc1ccc(-n2[nH]c(C)c(N=Nc3cccc(-c4cccc(C(C)C(=O)O)c4)c3O)c2=O)cc1C. The number of phenolic OH excluding ortho intramolecular Hbond substituents is 1. The molecule has 8 nitrogen and oxygen atoms in total. The summed E-state index contributed by atoms with van der Waals surface area (Å²) in [6, 6.07) is 17.7. The van der Waals surface area contributed by atoms with Crippen LogP contribution in [0.25, 0.3) is 16.8 Å². The number of carboxylic acids is 1. The molecule has 178 valence electrons. The van der Waals surface area contributed by atoms with Crippen molar-refractivity contribution in [2.24, 2.45) is 10.2 Å². The summed E-state index contributed by atoms with van der Waals surface area (Å²) in [4.78, 5) is 24.4. The number of aromatic amines is 1. The maximum absolute atomic E-state index is 13.0. The standard InChI is InChI=1S/C27H26N4O4/c1-15-11-12-21(13-16(15)2)31-26(33)24(18(4)30-31)29-28-23-10-6-9-22(25(23)32)20-8-5-7-19(14-20)17(3)27(34)35/h5-14,17,30,32H,1-4H3,(H,34,35).